The van der Waals surface area contributed by atoms with Crippen LogP contribution >= 0.6 is 34.9 Å². The molecule has 1 fully saturated rings. The van der Waals surface area contributed by atoms with Gasteiger partial charge in [0, 0.05) is 22.5 Å². The van der Waals surface area contributed by atoms with Crippen LogP contribution in [0.2, 0.25) is 0 Å². The molecule has 2 rings (SSSR count). The van der Waals surface area contributed by atoms with E-state index in [4.69, 9.17) is 5.84 Å². The van der Waals surface area contributed by atoms with Crippen LogP contribution in [0.3, 0.4) is 0 Å². The Morgan fingerprint density at radius 3 is 3.00 bits per heavy atom. The Hall–Kier alpha value is 0.320. The summed E-state index contributed by atoms with van der Waals surface area (Å²) >= 11 is 5.80. The molecule has 0 saturated carbocycles. The molecule has 2 atom stereocenters. The Kier molecular flexibility index (Phi) is 4.19. The molecule has 1 aliphatic heterocycles. The topological polar surface area (TPSA) is 38.0 Å². The average Bonchev–Trinajstić information content (AvgIpc) is 2.74. The first-order chi connectivity index (χ1) is 6.92. The van der Waals surface area contributed by atoms with E-state index in [9.17, 15) is 0 Å². The SMILES string of the molecule is NNC(c1ccsc1)C1CSCCS1. The van der Waals surface area contributed by atoms with Crippen LogP contribution in [0.5, 0.6) is 0 Å². The molecule has 78 valence electrons. The van der Waals surface area contributed by atoms with Crippen LogP contribution in [-0.2, 0) is 0 Å². The van der Waals surface area contributed by atoms with Crippen molar-refractivity contribution in [2.24, 2.45) is 5.84 Å². The number of hydrogen-bond donors (Lipinski definition) is 2. The highest BCUT2D eigenvalue weighted by Crippen LogP contribution is 2.33. The summed E-state index contributed by atoms with van der Waals surface area (Å²) in [7, 11) is 0. The highest BCUT2D eigenvalue weighted by atomic mass is 32.2. The van der Waals surface area contributed by atoms with Gasteiger partial charge < -0.3 is 0 Å². The van der Waals surface area contributed by atoms with Gasteiger partial charge in [0.05, 0.1) is 6.04 Å². The van der Waals surface area contributed by atoms with E-state index < -0.39 is 0 Å². The van der Waals surface area contributed by atoms with Crippen LogP contribution in [0.15, 0.2) is 16.8 Å². The van der Waals surface area contributed by atoms with Gasteiger partial charge in [-0.05, 0) is 22.4 Å². The lowest BCUT2D eigenvalue weighted by Gasteiger charge is -2.28. The third kappa shape index (κ3) is 2.46. The zero-order valence-corrected chi connectivity index (χ0v) is 10.3. The molecule has 3 N–H and O–H groups in total. The minimum absolute atomic E-state index is 0.319. The Balaban J connectivity index is 2.04. The molecule has 0 aromatic carbocycles. The van der Waals surface area contributed by atoms with Crippen molar-refractivity contribution >= 4 is 34.9 Å². The van der Waals surface area contributed by atoms with Crippen LogP contribution < -0.4 is 11.3 Å². The molecule has 1 aromatic rings. The van der Waals surface area contributed by atoms with E-state index in [1.54, 1.807) is 11.3 Å². The van der Waals surface area contributed by atoms with Crippen LogP contribution in [0.1, 0.15) is 11.6 Å². The fourth-order valence-electron chi connectivity index (χ4n) is 1.57. The van der Waals surface area contributed by atoms with Crippen molar-refractivity contribution in [2.45, 2.75) is 11.3 Å². The molecule has 2 unspecified atom stereocenters. The van der Waals surface area contributed by atoms with E-state index in [-0.39, 0.29) is 0 Å². The van der Waals surface area contributed by atoms with Gasteiger partial charge in [0.2, 0.25) is 0 Å². The first-order valence-electron chi connectivity index (χ1n) is 4.59. The van der Waals surface area contributed by atoms with Crippen molar-refractivity contribution < 1.29 is 0 Å². The van der Waals surface area contributed by atoms with Gasteiger partial charge in [0.15, 0.2) is 0 Å². The second-order valence-electron chi connectivity index (χ2n) is 3.19. The van der Waals surface area contributed by atoms with Crippen LogP contribution in [-0.4, -0.2) is 22.5 Å². The number of rotatable bonds is 3. The van der Waals surface area contributed by atoms with Gasteiger partial charge in [0.1, 0.15) is 0 Å². The Morgan fingerprint density at radius 2 is 2.43 bits per heavy atom. The Morgan fingerprint density at radius 1 is 1.50 bits per heavy atom. The molecule has 5 heteroatoms. The maximum atomic E-state index is 5.63. The third-order valence-electron chi connectivity index (χ3n) is 2.30. The molecule has 0 bridgehead atoms. The zero-order valence-electron chi connectivity index (χ0n) is 7.81. The van der Waals surface area contributed by atoms with Gasteiger partial charge in [0.25, 0.3) is 0 Å². The van der Waals surface area contributed by atoms with E-state index in [0.29, 0.717) is 11.3 Å². The van der Waals surface area contributed by atoms with Crippen LogP contribution in [0.25, 0.3) is 0 Å². The summed E-state index contributed by atoms with van der Waals surface area (Å²) in [5.74, 6) is 9.36. The standard InChI is InChI=1S/C9H14N2S3/c10-11-9(7-1-2-12-5-7)8-6-13-3-4-14-8/h1-2,5,8-9,11H,3-4,6,10H2. The van der Waals surface area contributed by atoms with Crippen LogP contribution in [0.4, 0.5) is 0 Å². The lowest BCUT2D eigenvalue weighted by Crippen LogP contribution is -2.37. The highest BCUT2D eigenvalue weighted by molar-refractivity contribution is 8.06. The molecule has 14 heavy (non-hydrogen) atoms. The van der Waals surface area contributed by atoms with Crippen molar-refractivity contribution in [1.29, 1.82) is 0 Å². The fourth-order valence-corrected chi connectivity index (χ4v) is 5.12. The van der Waals surface area contributed by atoms with E-state index in [1.165, 1.54) is 22.8 Å². The normalized spacial score (nSPS) is 24.8. The van der Waals surface area contributed by atoms with E-state index >= 15 is 0 Å². The summed E-state index contributed by atoms with van der Waals surface area (Å²) in [6.07, 6.45) is 0. The molecule has 0 radical (unpaired) electrons. The van der Waals surface area contributed by atoms with Gasteiger partial charge in [-0.15, -0.1) is 0 Å². The third-order valence-corrected chi connectivity index (χ3v) is 5.86. The molecule has 2 nitrogen and oxygen atoms in total. The first kappa shape index (κ1) is 10.8. The van der Waals surface area contributed by atoms with E-state index in [2.05, 4.69) is 22.3 Å². The maximum Gasteiger partial charge on any atom is 0.0594 e. The summed E-state index contributed by atoms with van der Waals surface area (Å²) in [5.41, 5.74) is 4.28. The first-order valence-corrected chi connectivity index (χ1v) is 7.74. The molecule has 2 heterocycles. The quantitative estimate of drug-likeness (QED) is 0.633. The number of hydrogen-bond acceptors (Lipinski definition) is 5. The van der Waals surface area contributed by atoms with Gasteiger partial charge in [-0.25, -0.2) is 0 Å². The molecule has 0 amide bonds. The van der Waals surface area contributed by atoms with Crippen molar-refractivity contribution in [2.75, 3.05) is 17.3 Å². The summed E-state index contributed by atoms with van der Waals surface area (Å²) in [6, 6.07) is 2.48. The predicted octanol–water partition coefficient (Wildman–Crippen LogP) is 2.10. The van der Waals surface area contributed by atoms with E-state index in [1.807, 2.05) is 23.5 Å². The number of nitrogens with two attached hydrogens (primary N) is 1. The second kappa shape index (κ2) is 5.42. The average molecular weight is 246 g/mol. The second-order valence-corrected chi connectivity index (χ2v) is 6.46. The van der Waals surface area contributed by atoms with Gasteiger partial charge >= 0.3 is 0 Å². The lowest BCUT2D eigenvalue weighted by atomic mass is 10.1. The zero-order chi connectivity index (χ0) is 9.80. The van der Waals surface area contributed by atoms with Crippen molar-refractivity contribution in [3.63, 3.8) is 0 Å². The molecule has 0 spiro atoms. The molecule has 1 aliphatic rings. The minimum atomic E-state index is 0.319. The minimum Gasteiger partial charge on any atom is -0.271 e. The molecular formula is C9H14N2S3. The van der Waals surface area contributed by atoms with Gasteiger partial charge in [-0.1, -0.05) is 0 Å². The van der Waals surface area contributed by atoms with Crippen molar-refractivity contribution in [3.05, 3.63) is 22.4 Å². The van der Waals surface area contributed by atoms with E-state index in [0.717, 1.165) is 0 Å². The summed E-state index contributed by atoms with van der Waals surface area (Å²) < 4.78 is 0. The van der Waals surface area contributed by atoms with Crippen molar-refractivity contribution in [1.82, 2.24) is 5.43 Å². The number of thioether (sulfide) groups is 2. The highest BCUT2D eigenvalue weighted by Gasteiger charge is 2.25. The monoisotopic (exact) mass is 246 g/mol. The smallest absolute Gasteiger partial charge is 0.0594 e. The molecular weight excluding hydrogens is 232 g/mol. The maximum absolute atomic E-state index is 5.63. The number of thiophene rings is 1. The summed E-state index contributed by atoms with van der Waals surface area (Å²) in [4.78, 5) is 0. The van der Waals surface area contributed by atoms with Crippen molar-refractivity contribution in [3.8, 4) is 0 Å². The van der Waals surface area contributed by atoms with Gasteiger partial charge in [-0.3, -0.25) is 11.3 Å². The molecule has 0 aliphatic carbocycles. The number of hydrazine groups is 1. The Labute approximate surface area is 97.0 Å². The predicted molar refractivity (Wildman–Crippen MR) is 68.0 cm³/mol. The summed E-state index contributed by atoms with van der Waals surface area (Å²) in [5, 5.41) is 4.92. The van der Waals surface area contributed by atoms with Crippen LogP contribution in [0, 0.1) is 0 Å². The molecule has 1 saturated heterocycles. The largest absolute Gasteiger partial charge is 0.271 e. The summed E-state index contributed by atoms with van der Waals surface area (Å²) in [6.45, 7) is 0. The Bertz CT molecular complexity index is 257. The fraction of sp³-hybridized carbons (Fsp3) is 0.556. The number of nitrogens with one attached hydrogen (secondary N) is 1. The molecule has 1 aromatic heterocycles. The van der Waals surface area contributed by atoms with Gasteiger partial charge in [-0.2, -0.15) is 34.9 Å². The lowest BCUT2D eigenvalue weighted by molar-refractivity contribution is 0.554.